The first-order valence-electron chi connectivity index (χ1n) is 7.78. The van der Waals surface area contributed by atoms with Crippen LogP contribution in [0.2, 0.25) is 0 Å². The third kappa shape index (κ3) is 3.23. The number of aryl methyl sites for hydroxylation is 2. The molecular formula is C18H20N4O2. The van der Waals surface area contributed by atoms with Crippen LogP contribution in [0.3, 0.4) is 0 Å². The normalized spacial score (nSPS) is 10.8. The molecule has 2 heterocycles. The highest BCUT2D eigenvalue weighted by Crippen LogP contribution is 2.23. The van der Waals surface area contributed by atoms with Gasteiger partial charge in [-0.2, -0.15) is 0 Å². The van der Waals surface area contributed by atoms with Crippen molar-refractivity contribution in [2.24, 2.45) is 0 Å². The molecule has 0 bridgehead atoms. The van der Waals surface area contributed by atoms with Crippen molar-refractivity contribution in [1.82, 2.24) is 14.9 Å². The maximum absolute atomic E-state index is 11.3. The summed E-state index contributed by atoms with van der Waals surface area (Å²) in [6.45, 7) is 4.03. The number of aromatic nitrogens is 2. The summed E-state index contributed by atoms with van der Waals surface area (Å²) < 4.78 is 2.10. The van der Waals surface area contributed by atoms with Gasteiger partial charge in [0.15, 0.2) is 0 Å². The fourth-order valence-electron chi connectivity index (χ4n) is 2.90. The second-order valence-corrected chi connectivity index (χ2v) is 5.83. The minimum atomic E-state index is -0.509. The molecule has 3 aromatic rings. The topological polar surface area (TPSA) is 78.7 Å². The van der Waals surface area contributed by atoms with Crippen LogP contribution in [0, 0.1) is 13.8 Å². The first-order valence-corrected chi connectivity index (χ1v) is 7.78. The summed E-state index contributed by atoms with van der Waals surface area (Å²) in [5.41, 5.74) is 6.83. The Labute approximate surface area is 140 Å². The average molecular weight is 324 g/mol. The molecule has 0 saturated heterocycles. The van der Waals surface area contributed by atoms with Gasteiger partial charge in [-0.15, -0.1) is 0 Å². The van der Waals surface area contributed by atoms with Crippen molar-refractivity contribution in [1.29, 1.82) is 0 Å². The van der Waals surface area contributed by atoms with Gasteiger partial charge in [-0.1, -0.05) is 30.3 Å². The predicted octanol–water partition coefficient (Wildman–Crippen LogP) is 2.46. The van der Waals surface area contributed by atoms with E-state index in [1.165, 1.54) is 0 Å². The molecule has 0 aliphatic heterocycles. The van der Waals surface area contributed by atoms with E-state index in [4.69, 9.17) is 5.21 Å². The van der Waals surface area contributed by atoms with E-state index < -0.39 is 5.91 Å². The second-order valence-electron chi connectivity index (χ2n) is 5.83. The zero-order valence-electron chi connectivity index (χ0n) is 13.7. The number of hydrogen-bond donors (Lipinski definition) is 3. The largest absolute Gasteiger partial charge is 0.359 e. The maximum Gasteiger partial charge on any atom is 0.262 e. The van der Waals surface area contributed by atoms with Gasteiger partial charge in [0.25, 0.3) is 5.91 Å². The van der Waals surface area contributed by atoms with Gasteiger partial charge in [-0.05, 0) is 37.1 Å². The summed E-state index contributed by atoms with van der Waals surface area (Å²) in [7, 11) is 0. The summed E-state index contributed by atoms with van der Waals surface area (Å²) in [5.74, 6) is 0.141. The van der Waals surface area contributed by atoms with Gasteiger partial charge in [0.2, 0.25) is 0 Å². The number of hydrogen-bond acceptors (Lipinski definition) is 4. The van der Waals surface area contributed by atoms with Gasteiger partial charge in [-0.3, -0.25) is 14.4 Å². The Hall–Kier alpha value is -2.86. The van der Waals surface area contributed by atoms with Gasteiger partial charge in [-0.25, -0.2) is 10.5 Å². The number of imidazole rings is 1. The van der Waals surface area contributed by atoms with Gasteiger partial charge in [0.05, 0.1) is 12.2 Å². The molecule has 6 nitrogen and oxygen atoms in total. The van der Waals surface area contributed by atoms with Crippen LogP contribution in [-0.2, 0) is 11.2 Å². The molecular weight excluding hydrogens is 304 g/mol. The summed E-state index contributed by atoms with van der Waals surface area (Å²) in [6, 6.07) is 14.2. The molecule has 0 saturated carbocycles. The summed E-state index contributed by atoms with van der Waals surface area (Å²) in [4.78, 5) is 16.0. The SMILES string of the molecule is Cc1cc(C)n2c(Cc3ccccc3)c(NCC(=O)NO)nc2c1. The molecule has 124 valence electrons. The van der Waals surface area contributed by atoms with E-state index in [9.17, 15) is 4.79 Å². The smallest absolute Gasteiger partial charge is 0.262 e. The predicted molar refractivity (Wildman–Crippen MR) is 92.3 cm³/mol. The Bertz CT molecular complexity index is 872. The molecule has 6 heteroatoms. The van der Waals surface area contributed by atoms with Crippen molar-refractivity contribution in [3.8, 4) is 0 Å². The van der Waals surface area contributed by atoms with Crippen molar-refractivity contribution < 1.29 is 10.0 Å². The van der Waals surface area contributed by atoms with Gasteiger partial charge < -0.3 is 5.32 Å². The van der Waals surface area contributed by atoms with Crippen LogP contribution in [-0.4, -0.2) is 27.0 Å². The van der Waals surface area contributed by atoms with E-state index in [1.54, 1.807) is 5.48 Å². The fourth-order valence-corrected chi connectivity index (χ4v) is 2.90. The minimum Gasteiger partial charge on any atom is -0.359 e. The second kappa shape index (κ2) is 6.72. The highest BCUT2D eigenvalue weighted by atomic mass is 16.5. The van der Waals surface area contributed by atoms with Gasteiger partial charge in [0.1, 0.15) is 11.5 Å². The lowest BCUT2D eigenvalue weighted by atomic mass is 10.1. The monoisotopic (exact) mass is 324 g/mol. The summed E-state index contributed by atoms with van der Waals surface area (Å²) in [6.07, 6.45) is 0.689. The van der Waals surface area contributed by atoms with Crippen LogP contribution >= 0.6 is 0 Å². The van der Waals surface area contributed by atoms with Crippen LogP contribution in [0.4, 0.5) is 5.82 Å². The van der Waals surface area contributed by atoms with Crippen molar-refractivity contribution in [3.63, 3.8) is 0 Å². The zero-order chi connectivity index (χ0) is 17.1. The number of nitrogens with zero attached hydrogens (tertiary/aromatic N) is 2. The van der Waals surface area contributed by atoms with E-state index in [0.29, 0.717) is 12.2 Å². The Kier molecular flexibility index (Phi) is 4.48. The molecule has 0 radical (unpaired) electrons. The first-order chi connectivity index (χ1) is 11.6. The molecule has 1 aromatic carbocycles. The van der Waals surface area contributed by atoms with Crippen molar-refractivity contribution in [2.45, 2.75) is 20.3 Å². The van der Waals surface area contributed by atoms with Crippen LogP contribution in [0.5, 0.6) is 0 Å². The van der Waals surface area contributed by atoms with E-state index >= 15 is 0 Å². The van der Waals surface area contributed by atoms with Crippen LogP contribution < -0.4 is 10.8 Å². The first kappa shape index (κ1) is 16.0. The lowest BCUT2D eigenvalue weighted by molar-refractivity contribution is -0.127. The molecule has 2 aromatic heterocycles. The standard InChI is InChI=1S/C18H20N4O2/c1-12-8-13(2)22-15(10-14-6-4-3-5-7-14)18(20-16(22)9-12)19-11-17(23)21-24/h3-9,19,24H,10-11H2,1-2H3,(H,21,23). The molecule has 3 N–H and O–H groups in total. The number of carbonyl (C=O) groups excluding carboxylic acids is 1. The molecule has 0 fully saturated rings. The van der Waals surface area contributed by atoms with E-state index in [0.717, 1.165) is 28.2 Å². The molecule has 0 spiro atoms. The maximum atomic E-state index is 11.3. The van der Waals surface area contributed by atoms with Crippen LogP contribution in [0.1, 0.15) is 22.5 Å². The van der Waals surface area contributed by atoms with E-state index in [1.807, 2.05) is 38.1 Å². The molecule has 0 atom stereocenters. The number of carbonyl (C=O) groups is 1. The van der Waals surface area contributed by atoms with Gasteiger partial charge >= 0.3 is 0 Å². The average Bonchev–Trinajstić information content (AvgIpc) is 2.91. The van der Waals surface area contributed by atoms with E-state index in [-0.39, 0.29) is 6.54 Å². The molecule has 0 aliphatic rings. The highest BCUT2D eigenvalue weighted by molar-refractivity contribution is 5.79. The third-order valence-electron chi connectivity index (χ3n) is 3.90. The zero-order valence-corrected chi connectivity index (χ0v) is 13.7. The number of benzene rings is 1. The molecule has 24 heavy (non-hydrogen) atoms. The van der Waals surface area contributed by atoms with Gasteiger partial charge in [0, 0.05) is 12.1 Å². The summed E-state index contributed by atoms with van der Waals surface area (Å²) >= 11 is 0. The van der Waals surface area contributed by atoms with E-state index in [2.05, 4.69) is 32.9 Å². The van der Waals surface area contributed by atoms with Crippen LogP contribution in [0.25, 0.3) is 5.65 Å². The Morgan fingerprint density at radius 3 is 2.67 bits per heavy atom. The minimum absolute atomic E-state index is 0.0415. The Morgan fingerprint density at radius 1 is 1.21 bits per heavy atom. The molecule has 3 rings (SSSR count). The number of nitrogens with one attached hydrogen (secondary N) is 2. The molecule has 0 unspecified atom stereocenters. The number of fused-ring (bicyclic) bond motifs is 1. The number of anilines is 1. The molecule has 0 aliphatic carbocycles. The number of rotatable bonds is 5. The summed E-state index contributed by atoms with van der Waals surface area (Å²) in [5, 5.41) is 11.7. The quantitative estimate of drug-likeness (QED) is 0.497. The fraction of sp³-hybridized carbons (Fsp3) is 0.222. The number of amides is 1. The lowest BCUT2D eigenvalue weighted by Crippen LogP contribution is -2.27. The van der Waals surface area contributed by atoms with Crippen molar-refractivity contribution >= 4 is 17.4 Å². The lowest BCUT2D eigenvalue weighted by Gasteiger charge is -2.09. The third-order valence-corrected chi connectivity index (χ3v) is 3.90. The van der Waals surface area contributed by atoms with Crippen LogP contribution in [0.15, 0.2) is 42.5 Å². The van der Waals surface area contributed by atoms with Crippen molar-refractivity contribution in [3.05, 3.63) is 65.0 Å². The van der Waals surface area contributed by atoms with Crippen molar-refractivity contribution in [2.75, 3.05) is 11.9 Å². The number of hydroxylamine groups is 1. The Morgan fingerprint density at radius 2 is 1.96 bits per heavy atom. The highest BCUT2D eigenvalue weighted by Gasteiger charge is 2.15. The molecule has 1 amide bonds. The Balaban J connectivity index is 2.06. The number of pyridine rings is 1.